The fraction of sp³-hybridized carbons (Fsp3) is 0.100. The van der Waals surface area contributed by atoms with Gasteiger partial charge in [-0.15, -0.1) is 0 Å². The fourth-order valence-electron chi connectivity index (χ4n) is 2.94. The number of hydrogen-bond donors (Lipinski definition) is 1. The lowest BCUT2D eigenvalue weighted by molar-refractivity contribution is 0.0699. The van der Waals surface area contributed by atoms with E-state index >= 15 is 0 Å². The Balaban J connectivity index is 1.95. The highest BCUT2D eigenvalue weighted by Gasteiger charge is 2.16. The highest BCUT2D eigenvalue weighted by Crippen LogP contribution is 2.31. The Bertz CT molecular complexity index is 1130. The van der Waals surface area contributed by atoms with Crippen molar-refractivity contribution in [1.29, 1.82) is 0 Å². The average molecular weight is 396 g/mol. The van der Waals surface area contributed by atoms with Crippen molar-refractivity contribution in [3.05, 3.63) is 64.1 Å². The first kappa shape index (κ1) is 15.8. The maximum Gasteiger partial charge on any atom is 0.336 e. The second-order valence-electron chi connectivity index (χ2n) is 5.86. The maximum atomic E-state index is 11.8. The van der Waals surface area contributed by atoms with Gasteiger partial charge < -0.3 is 9.52 Å². The lowest BCUT2D eigenvalue weighted by Crippen LogP contribution is -2.00. The number of rotatable bonds is 3. The number of aryl methyl sites for hydroxylation is 1. The lowest BCUT2D eigenvalue weighted by Gasteiger charge is -2.07. The van der Waals surface area contributed by atoms with Crippen molar-refractivity contribution in [1.82, 2.24) is 4.98 Å². The number of aromatic nitrogens is 1. The van der Waals surface area contributed by atoms with E-state index in [2.05, 4.69) is 20.9 Å². The molecule has 25 heavy (non-hydrogen) atoms. The molecule has 0 atom stereocenters. The number of benzene rings is 2. The zero-order chi connectivity index (χ0) is 17.6. The number of hydrogen-bond acceptors (Lipinski definition) is 3. The average Bonchev–Trinajstić information content (AvgIpc) is 3.03. The van der Waals surface area contributed by atoms with Crippen LogP contribution in [0.15, 0.2) is 57.4 Å². The molecule has 124 valence electrons. The molecule has 2 aromatic heterocycles. The van der Waals surface area contributed by atoms with Crippen molar-refractivity contribution in [2.45, 2.75) is 13.3 Å². The van der Waals surface area contributed by atoms with E-state index in [0.29, 0.717) is 22.4 Å². The van der Waals surface area contributed by atoms with Crippen LogP contribution in [-0.4, -0.2) is 16.1 Å². The third kappa shape index (κ3) is 2.81. The van der Waals surface area contributed by atoms with Crippen molar-refractivity contribution in [3.63, 3.8) is 0 Å². The topological polar surface area (TPSA) is 63.3 Å². The van der Waals surface area contributed by atoms with E-state index in [1.54, 1.807) is 6.07 Å². The minimum atomic E-state index is -0.972. The third-order valence-electron chi connectivity index (χ3n) is 4.24. The predicted molar refractivity (Wildman–Crippen MR) is 101 cm³/mol. The fourth-order valence-corrected chi connectivity index (χ4v) is 3.32. The van der Waals surface area contributed by atoms with Gasteiger partial charge in [0, 0.05) is 15.2 Å². The number of carboxylic acid groups (broad SMARTS) is 1. The molecule has 0 bridgehead atoms. The zero-order valence-electron chi connectivity index (χ0n) is 13.4. The summed E-state index contributed by atoms with van der Waals surface area (Å²) in [7, 11) is 0. The van der Waals surface area contributed by atoms with E-state index in [9.17, 15) is 9.90 Å². The standard InChI is InChI=1S/C20H14BrNO3/c1-2-11-3-5-16-14(7-11)15(20(23)24)10-17(22-16)19-9-12-8-13(21)4-6-18(12)25-19/h3-10H,2H2,1H3,(H,23,24). The van der Waals surface area contributed by atoms with E-state index in [1.807, 2.05) is 49.4 Å². The van der Waals surface area contributed by atoms with Crippen molar-refractivity contribution < 1.29 is 14.3 Å². The molecule has 0 aliphatic carbocycles. The van der Waals surface area contributed by atoms with Crippen LogP contribution in [0.25, 0.3) is 33.3 Å². The van der Waals surface area contributed by atoms with Gasteiger partial charge in [0.05, 0.1) is 11.1 Å². The van der Waals surface area contributed by atoms with Gasteiger partial charge in [-0.25, -0.2) is 9.78 Å². The zero-order valence-corrected chi connectivity index (χ0v) is 15.0. The summed E-state index contributed by atoms with van der Waals surface area (Å²) in [4.78, 5) is 16.4. The highest BCUT2D eigenvalue weighted by molar-refractivity contribution is 9.10. The number of fused-ring (bicyclic) bond motifs is 2. The molecule has 0 spiro atoms. The molecule has 0 unspecified atom stereocenters. The predicted octanol–water partition coefficient (Wildman–Crippen LogP) is 5.67. The third-order valence-corrected chi connectivity index (χ3v) is 4.74. The molecule has 4 aromatic rings. The number of halogens is 1. The van der Waals surface area contributed by atoms with Gasteiger partial charge in [0.15, 0.2) is 5.76 Å². The SMILES string of the molecule is CCc1ccc2nc(-c3cc4cc(Br)ccc4o3)cc(C(=O)O)c2c1. The lowest BCUT2D eigenvalue weighted by atomic mass is 10.0. The van der Waals surface area contributed by atoms with Gasteiger partial charge in [-0.3, -0.25) is 0 Å². The molecule has 0 aliphatic heterocycles. The molecule has 0 aliphatic rings. The number of furan rings is 1. The molecule has 0 saturated carbocycles. The molecular formula is C20H14BrNO3. The van der Waals surface area contributed by atoms with Crippen LogP contribution in [0.4, 0.5) is 0 Å². The normalized spacial score (nSPS) is 11.3. The van der Waals surface area contributed by atoms with Crippen LogP contribution >= 0.6 is 15.9 Å². The van der Waals surface area contributed by atoms with Gasteiger partial charge >= 0.3 is 5.97 Å². The molecule has 2 heterocycles. The van der Waals surface area contributed by atoms with E-state index in [0.717, 1.165) is 27.4 Å². The van der Waals surface area contributed by atoms with Gasteiger partial charge in [-0.2, -0.15) is 0 Å². The smallest absolute Gasteiger partial charge is 0.336 e. The minimum absolute atomic E-state index is 0.233. The summed E-state index contributed by atoms with van der Waals surface area (Å²) in [6.45, 7) is 2.04. The number of aromatic carboxylic acids is 1. The Morgan fingerprint density at radius 2 is 2.00 bits per heavy atom. The summed E-state index contributed by atoms with van der Waals surface area (Å²) in [6.07, 6.45) is 0.842. The Kier molecular flexibility index (Phi) is 3.81. The largest absolute Gasteiger partial charge is 0.478 e. The molecule has 5 heteroatoms. The first-order valence-electron chi connectivity index (χ1n) is 7.91. The summed E-state index contributed by atoms with van der Waals surface area (Å²) in [5.74, 6) is -0.419. The summed E-state index contributed by atoms with van der Waals surface area (Å²) in [6, 6.07) is 14.9. The number of carboxylic acids is 1. The molecular weight excluding hydrogens is 382 g/mol. The molecule has 0 radical (unpaired) electrons. The molecule has 4 nitrogen and oxygen atoms in total. The Morgan fingerprint density at radius 1 is 1.16 bits per heavy atom. The van der Waals surface area contributed by atoms with E-state index < -0.39 is 5.97 Å². The molecule has 2 aromatic carbocycles. The second kappa shape index (κ2) is 6.01. The van der Waals surface area contributed by atoms with Crippen LogP contribution in [0.3, 0.4) is 0 Å². The number of nitrogens with zero attached hydrogens (tertiary/aromatic N) is 1. The van der Waals surface area contributed by atoms with Crippen LogP contribution < -0.4 is 0 Å². The highest BCUT2D eigenvalue weighted by atomic mass is 79.9. The second-order valence-corrected chi connectivity index (χ2v) is 6.77. The van der Waals surface area contributed by atoms with Gasteiger partial charge in [-0.05, 0) is 54.4 Å². The Morgan fingerprint density at radius 3 is 2.76 bits per heavy atom. The molecule has 0 saturated heterocycles. The van der Waals surface area contributed by atoms with Crippen LogP contribution in [-0.2, 0) is 6.42 Å². The quantitative estimate of drug-likeness (QED) is 0.485. The van der Waals surface area contributed by atoms with Gasteiger partial charge in [0.25, 0.3) is 0 Å². The number of carbonyl (C=O) groups is 1. The monoisotopic (exact) mass is 395 g/mol. The summed E-state index contributed by atoms with van der Waals surface area (Å²) in [5, 5.41) is 11.2. The van der Waals surface area contributed by atoms with Crippen molar-refractivity contribution in [3.8, 4) is 11.5 Å². The van der Waals surface area contributed by atoms with Crippen LogP contribution in [0, 0.1) is 0 Å². The Hall–Kier alpha value is -2.66. The van der Waals surface area contributed by atoms with E-state index in [1.165, 1.54) is 0 Å². The van der Waals surface area contributed by atoms with Gasteiger partial charge in [-0.1, -0.05) is 28.9 Å². The minimum Gasteiger partial charge on any atom is -0.478 e. The summed E-state index contributed by atoms with van der Waals surface area (Å²) < 4.78 is 6.82. The van der Waals surface area contributed by atoms with E-state index in [-0.39, 0.29) is 5.56 Å². The molecule has 1 N–H and O–H groups in total. The van der Waals surface area contributed by atoms with Crippen LogP contribution in [0.1, 0.15) is 22.8 Å². The van der Waals surface area contributed by atoms with Crippen molar-refractivity contribution in [2.75, 3.05) is 0 Å². The first-order chi connectivity index (χ1) is 12.0. The van der Waals surface area contributed by atoms with Gasteiger partial charge in [0.2, 0.25) is 0 Å². The van der Waals surface area contributed by atoms with Crippen molar-refractivity contribution in [2.24, 2.45) is 0 Å². The van der Waals surface area contributed by atoms with Crippen LogP contribution in [0.2, 0.25) is 0 Å². The molecule has 0 fully saturated rings. The first-order valence-corrected chi connectivity index (χ1v) is 8.71. The van der Waals surface area contributed by atoms with Gasteiger partial charge in [0.1, 0.15) is 11.3 Å². The molecule has 4 rings (SSSR count). The van der Waals surface area contributed by atoms with Crippen molar-refractivity contribution >= 4 is 43.8 Å². The summed E-state index contributed by atoms with van der Waals surface area (Å²) in [5.41, 5.74) is 3.21. The summed E-state index contributed by atoms with van der Waals surface area (Å²) >= 11 is 3.44. The van der Waals surface area contributed by atoms with E-state index in [4.69, 9.17) is 4.42 Å². The molecule has 0 amide bonds. The number of pyridine rings is 1. The van der Waals surface area contributed by atoms with Crippen LogP contribution in [0.5, 0.6) is 0 Å². The Labute approximate surface area is 152 Å². The maximum absolute atomic E-state index is 11.8.